The molecule has 0 spiro atoms. The van der Waals surface area contributed by atoms with Gasteiger partial charge >= 0.3 is 6.09 Å². The number of fused-ring (bicyclic) bond motifs is 4. The van der Waals surface area contributed by atoms with E-state index >= 15 is 0 Å². The molecule has 0 aromatic heterocycles. The van der Waals surface area contributed by atoms with Crippen LogP contribution in [0.3, 0.4) is 0 Å². The van der Waals surface area contributed by atoms with Crippen LogP contribution >= 0.6 is 0 Å². The Hall–Kier alpha value is -5.55. The minimum absolute atomic E-state index is 0.124. The van der Waals surface area contributed by atoms with Crippen molar-refractivity contribution in [3.05, 3.63) is 100 Å². The Kier molecular flexibility index (Phi) is 22.0. The summed E-state index contributed by atoms with van der Waals surface area (Å²) in [7, 11) is 0. The van der Waals surface area contributed by atoms with Crippen molar-refractivity contribution in [1.29, 1.82) is 0 Å². The van der Waals surface area contributed by atoms with Crippen molar-refractivity contribution >= 4 is 29.7 Å². The second-order valence-electron chi connectivity index (χ2n) is 16.6. The molecule has 6 N–H and O–H groups in total. The number of carbonyl (C=O) groups excluding carboxylic acids is 5. The Bertz CT molecular complexity index is 1940. The summed E-state index contributed by atoms with van der Waals surface area (Å²) in [5.41, 5.74) is 2.03. The number of unbranched alkanes of at least 4 members (excludes halogenated alkanes) is 1. The van der Waals surface area contributed by atoms with Gasteiger partial charge in [0.05, 0.1) is 30.9 Å². The third-order valence-electron chi connectivity index (χ3n) is 10.2. The quantitative estimate of drug-likeness (QED) is 0.110. The topological polar surface area (TPSA) is 198 Å². The number of benzene rings is 3. The third-order valence-corrected chi connectivity index (χ3v) is 10.2. The molecular formula is C48H69N7O9. The lowest BCUT2D eigenvalue weighted by atomic mass is 10.0. The van der Waals surface area contributed by atoms with E-state index in [0.29, 0.717) is 108 Å². The van der Waals surface area contributed by atoms with E-state index in [4.69, 9.17) is 18.9 Å². The second kappa shape index (κ2) is 27.6. The summed E-state index contributed by atoms with van der Waals surface area (Å²) in [5, 5.41) is 18.1. The molecule has 64 heavy (non-hydrogen) atoms. The smallest absolute Gasteiger partial charge is 0.407 e. The fourth-order valence-corrected chi connectivity index (χ4v) is 6.93. The number of hydrogen-bond acceptors (Lipinski definition) is 11. The van der Waals surface area contributed by atoms with E-state index in [0.717, 1.165) is 12.0 Å². The lowest BCUT2D eigenvalue weighted by Crippen LogP contribution is -2.47. The number of rotatable bonds is 16. The molecule has 350 valence electrons. The molecular weight excluding hydrogens is 819 g/mol. The SMILES string of the molecule is CCCOCCOCCN1CCNC(=O)c2cccc(c2C)C(=O)NCCNCCNC(=O)c2cccc(c2OCc2ccccc2)C(=O)NC(CCCCNC(=O)OC(C)(C)C)C1. The van der Waals surface area contributed by atoms with Crippen LogP contribution in [0.15, 0.2) is 66.7 Å². The highest BCUT2D eigenvalue weighted by Crippen LogP contribution is 2.26. The number of ether oxygens (including phenoxy) is 4. The zero-order chi connectivity index (χ0) is 46.2. The predicted octanol–water partition coefficient (Wildman–Crippen LogP) is 4.61. The molecule has 4 bridgehead atoms. The molecule has 1 aliphatic rings. The fourth-order valence-electron chi connectivity index (χ4n) is 6.93. The Morgan fingerprint density at radius 3 is 1.95 bits per heavy atom. The largest absolute Gasteiger partial charge is 0.487 e. The first-order valence-electron chi connectivity index (χ1n) is 22.5. The molecule has 1 atom stereocenters. The first-order chi connectivity index (χ1) is 30.9. The van der Waals surface area contributed by atoms with Crippen LogP contribution in [-0.4, -0.2) is 132 Å². The highest BCUT2D eigenvalue weighted by Gasteiger charge is 2.25. The molecule has 16 heteroatoms. The second-order valence-corrected chi connectivity index (χ2v) is 16.6. The predicted molar refractivity (Wildman–Crippen MR) is 246 cm³/mol. The summed E-state index contributed by atoms with van der Waals surface area (Å²) in [5.74, 6) is -1.26. The number of para-hydroxylation sites is 1. The zero-order valence-electron chi connectivity index (χ0n) is 38.3. The Morgan fingerprint density at radius 2 is 1.31 bits per heavy atom. The maximum Gasteiger partial charge on any atom is 0.407 e. The minimum Gasteiger partial charge on any atom is -0.487 e. The summed E-state index contributed by atoms with van der Waals surface area (Å²) < 4.78 is 23.2. The van der Waals surface area contributed by atoms with Crippen LogP contribution in [-0.2, 0) is 20.8 Å². The first kappa shape index (κ1) is 51.1. The van der Waals surface area contributed by atoms with Gasteiger partial charge in [-0.1, -0.05) is 49.4 Å². The van der Waals surface area contributed by atoms with Gasteiger partial charge < -0.3 is 50.8 Å². The van der Waals surface area contributed by atoms with Gasteiger partial charge in [0.2, 0.25) is 0 Å². The molecule has 3 aromatic carbocycles. The summed E-state index contributed by atoms with van der Waals surface area (Å²) in [4.78, 5) is 69.4. The van der Waals surface area contributed by atoms with Gasteiger partial charge in [0.25, 0.3) is 23.6 Å². The van der Waals surface area contributed by atoms with Crippen molar-refractivity contribution in [2.75, 3.05) is 85.3 Å². The number of alkyl carbamates (subject to hydrolysis) is 1. The summed E-state index contributed by atoms with van der Waals surface area (Å²) in [6.45, 7) is 14.7. The number of amides is 5. The van der Waals surface area contributed by atoms with E-state index in [-0.39, 0.29) is 48.4 Å². The van der Waals surface area contributed by atoms with E-state index in [1.807, 2.05) is 37.3 Å². The molecule has 4 rings (SSSR count). The average molecular weight is 888 g/mol. The van der Waals surface area contributed by atoms with Gasteiger partial charge in [-0.25, -0.2) is 4.79 Å². The van der Waals surface area contributed by atoms with Gasteiger partial charge in [-0.3, -0.25) is 24.1 Å². The third kappa shape index (κ3) is 18.3. The van der Waals surface area contributed by atoms with Crippen molar-refractivity contribution in [3.63, 3.8) is 0 Å². The van der Waals surface area contributed by atoms with E-state index in [1.54, 1.807) is 64.1 Å². The molecule has 16 nitrogen and oxygen atoms in total. The van der Waals surface area contributed by atoms with Gasteiger partial charge in [-0.05, 0) is 88.8 Å². The molecule has 0 aliphatic carbocycles. The van der Waals surface area contributed by atoms with Crippen LogP contribution in [0.1, 0.15) is 106 Å². The standard InChI is InChI=1S/C48H69N7O9/c1-6-29-61-31-32-62-30-28-55-27-26-52-44(57)39-18-12-17-38(35(39)2)43(56)50-24-22-49-23-25-51-45(58)40-19-13-20-41(42(40)63-34-36-14-8-7-9-15-36)46(59)54-37(33-55)16-10-11-21-53-47(60)64-48(3,4)5/h7-9,12-15,17-20,37,49H,6,10-11,16,21-34H2,1-5H3,(H,50,56)(H,51,58)(H,52,57)(H,53,60)(H,54,59). The van der Waals surface area contributed by atoms with E-state index in [1.165, 1.54) is 0 Å². The molecule has 3 aromatic rings. The number of nitrogens with one attached hydrogen (secondary N) is 6. The highest BCUT2D eigenvalue weighted by molar-refractivity contribution is 6.04. The Morgan fingerprint density at radius 1 is 0.719 bits per heavy atom. The monoisotopic (exact) mass is 888 g/mol. The fraction of sp³-hybridized carbons (Fsp3) is 0.521. The zero-order valence-corrected chi connectivity index (χ0v) is 38.3. The lowest BCUT2D eigenvalue weighted by Gasteiger charge is -2.29. The molecule has 0 saturated heterocycles. The van der Waals surface area contributed by atoms with Crippen LogP contribution in [0.25, 0.3) is 0 Å². The van der Waals surface area contributed by atoms with Gasteiger partial charge in [0.1, 0.15) is 18.0 Å². The van der Waals surface area contributed by atoms with Crippen molar-refractivity contribution in [2.24, 2.45) is 0 Å². The number of nitrogens with zero attached hydrogens (tertiary/aromatic N) is 1. The molecule has 1 heterocycles. The average Bonchev–Trinajstić information content (AvgIpc) is 3.26. The normalized spacial score (nSPS) is 16.4. The maximum absolute atomic E-state index is 14.5. The maximum atomic E-state index is 14.5. The van der Waals surface area contributed by atoms with Gasteiger partial charge in [0, 0.05) is 82.7 Å². The van der Waals surface area contributed by atoms with Gasteiger partial charge in [0.15, 0.2) is 0 Å². The van der Waals surface area contributed by atoms with Crippen molar-refractivity contribution in [3.8, 4) is 5.75 Å². The molecule has 1 unspecified atom stereocenters. The Labute approximate surface area is 378 Å². The van der Waals surface area contributed by atoms with Crippen molar-refractivity contribution < 1.29 is 42.9 Å². The molecule has 0 fully saturated rings. The number of hydrogen-bond donors (Lipinski definition) is 6. The van der Waals surface area contributed by atoms with Crippen LogP contribution in [0.4, 0.5) is 4.79 Å². The van der Waals surface area contributed by atoms with Crippen LogP contribution in [0.2, 0.25) is 0 Å². The minimum atomic E-state index is -0.625. The molecule has 1 aliphatic heterocycles. The van der Waals surface area contributed by atoms with E-state index < -0.39 is 29.6 Å². The van der Waals surface area contributed by atoms with Crippen LogP contribution in [0.5, 0.6) is 5.75 Å². The first-order valence-corrected chi connectivity index (χ1v) is 22.5. The summed E-state index contributed by atoms with van der Waals surface area (Å²) >= 11 is 0. The number of carbonyl (C=O) groups is 5. The molecule has 5 amide bonds. The van der Waals surface area contributed by atoms with Gasteiger partial charge in [-0.15, -0.1) is 0 Å². The van der Waals surface area contributed by atoms with Crippen LogP contribution < -0.4 is 36.6 Å². The van der Waals surface area contributed by atoms with Gasteiger partial charge in [-0.2, -0.15) is 0 Å². The van der Waals surface area contributed by atoms with E-state index in [2.05, 4.69) is 36.8 Å². The van der Waals surface area contributed by atoms with E-state index in [9.17, 15) is 24.0 Å². The van der Waals surface area contributed by atoms with Crippen molar-refractivity contribution in [2.45, 2.75) is 78.6 Å². The highest BCUT2D eigenvalue weighted by atomic mass is 16.6. The van der Waals surface area contributed by atoms with Crippen LogP contribution in [0, 0.1) is 6.92 Å². The lowest BCUT2D eigenvalue weighted by molar-refractivity contribution is 0.0376. The summed E-state index contributed by atoms with van der Waals surface area (Å²) in [6.07, 6.45) is 2.22. The Balaban J connectivity index is 1.63. The van der Waals surface area contributed by atoms with Crippen molar-refractivity contribution in [1.82, 2.24) is 36.8 Å². The molecule has 0 saturated carbocycles. The molecule has 0 radical (unpaired) electrons. The summed E-state index contributed by atoms with van der Waals surface area (Å²) in [6, 6.07) is 19.1.